The molecule has 0 saturated heterocycles. The summed E-state index contributed by atoms with van der Waals surface area (Å²) in [6.45, 7) is 17.9. The molecule has 1 aromatic carbocycles. The van der Waals surface area contributed by atoms with E-state index < -0.39 is 8.32 Å². The van der Waals surface area contributed by atoms with Crippen molar-refractivity contribution in [3.05, 3.63) is 46.4 Å². The van der Waals surface area contributed by atoms with Gasteiger partial charge >= 0.3 is 0 Å². The minimum Gasteiger partial charge on any atom is -0.417 e. The van der Waals surface area contributed by atoms with Crippen LogP contribution >= 0.6 is 11.6 Å². The number of halogens is 1. The van der Waals surface area contributed by atoms with Gasteiger partial charge in [0.15, 0.2) is 8.32 Å². The molecule has 30 heavy (non-hydrogen) atoms. The molecule has 0 atom stereocenters. The minimum atomic E-state index is -1.66. The van der Waals surface area contributed by atoms with E-state index in [1.807, 2.05) is 0 Å². The summed E-state index contributed by atoms with van der Waals surface area (Å²) in [7, 11) is -1.66. The Hall–Kier alpha value is -1.63. The van der Waals surface area contributed by atoms with Crippen LogP contribution in [0.1, 0.15) is 50.3 Å². The first kappa shape index (κ1) is 24.6. The van der Waals surface area contributed by atoms with Crippen LogP contribution in [0, 0.1) is 13.8 Å². The zero-order chi connectivity index (χ0) is 22.4. The SMILES string of the molecule is Cc1cccc(C)c1NCc1cnc(Cl)nc1NCCCCO[Si](C)(C)C(C)(C)C. The molecule has 5 nitrogen and oxygen atoms in total. The first-order valence-electron chi connectivity index (χ1n) is 10.7. The predicted octanol–water partition coefficient (Wildman–Crippen LogP) is 6.57. The van der Waals surface area contributed by atoms with E-state index in [2.05, 4.69) is 86.5 Å². The minimum absolute atomic E-state index is 0.250. The maximum Gasteiger partial charge on any atom is 0.224 e. The summed E-state index contributed by atoms with van der Waals surface area (Å²) in [5, 5.41) is 7.46. The van der Waals surface area contributed by atoms with Crippen LogP contribution in [0.4, 0.5) is 11.5 Å². The van der Waals surface area contributed by atoms with E-state index in [1.54, 1.807) is 6.20 Å². The molecule has 0 fully saturated rings. The van der Waals surface area contributed by atoms with E-state index in [9.17, 15) is 0 Å². The highest BCUT2D eigenvalue weighted by Gasteiger charge is 2.36. The van der Waals surface area contributed by atoms with E-state index in [0.717, 1.165) is 43.1 Å². The van der Waals surface area contributed by atoms with Crippen molar-refractivity contribution in [2.24, 2.45) is 0 Å². The molecule has 0 unspecified atom stereocenters. The molecule has 0 aliphatic heterocycles. The van der Waals surface area contributed by atoms with Gasteiger partial charge in [0.05, 0.1) is 0 Å². The number of benzene rings is 1. The van der Waals surface area contributed by atoms with Crippen LogP contribution < -0.4 is 10.6 Å². The van der Waals surface area contributed by atoms with Crippen molar-refractivity contribution in [3.63, 3.8) is 0 Å². The standard InChI is InChI=1S/C23H37ClN4OSi/c1-17-11-10-12-18(2)20(17)26-15-19-16-27-22(24)28-21(19)25-13-8-9-14-29-30(6,7)23(3,4)5/h10-12,16,26H,8-9,13-15H2,1-7H3,(H,25,27,28). The van der Waals surface area contributed by atoms with Gasteiger partial charge in [0.2, 0.25) is 5.28 Å². The molecule has 1 aromatic heterocycles. The molecule has 0 radical (unpaired) electrons. The monoisotopic (exact) mass is 448 g/mol. The number of para-hydroxylation sites is 1. The lowest BCUT2D eigenvalue weighted by molar-refractivity contribution is 0.280. The number of anilines is 2. The lowest BCUT2D eigenvalue weighted by Crippen LogP contribution is -2.41. The smallest absolute Gasteiger partial charge is 0.224 e. The fourth-order valence-corrected chi connectivity index (χ4v) is 4.14. The van der Waals surface area contributed by atoms with E-state index in [4.69, 9.17) is 16.0 Å². The number of hydrogen-bond donors (Lipinski definition) is 2. The van der Waals surface area contributed by atoms with Crippen molar-refractivity contribution in [1.29, 1.82) is 0 Å². The number of aromatic nitrogens is 2. The first-order valence-corrected chi connectivity index (χ1v) is 14.0. The second-order valence-corrected chi connectivity index (χ2v) is 14.5. The molecule has 7 heteroatoms. The highest BCUT2D eigenvalue weighted by Crippen LogP contribution is 2.36. The number of nitrogens with zero attached hydrogens (tertiary/aromatic N) is 2. The maximum absolute atomic E-state index is 6.25. The molecule has 0 amide bonds. The van der Waals surface area contributed by atoms with Crippen LogP contribution in [0.5, 0.6) is 0 Å². The van der Waals surface area contributed by atoms with E-state index in [1.165, 1.54) is 11.1 Å². The fraction of sp³-hybridized carbons (Fsp3) is 0.565. The Labute approximate surface area is 188 Å². The molecule has 1 heterocycles. The molecule has 0 spiro atoms. The van der Waals surface area contributed by atoms with Gasteiger partial charge in [0, 0.05) is 37.1 Å². The molecule has 0 aliphatic carbocycles. The second kappa shape index (κ2) is 10.6. The summed E-state index contributed by atoms with van der Waals surface area (Å²) >= 11 is 6.04. The van der Waals surface area contributed by atoms with Crippen LogP contribution in [0.25, 0.3) is 0 Å². The summed E-state index contributed by atoms with van der Waals surface area (Å²) in [5.41, 5.74) is 4.60. The Morgan fingerprint density at radius 2 is 1.73 bits per heavy atom. The molecule has 0 aliphatic rings. The van der Waals surface area contributed by atoms with Gasteiger partial charge in [0.25, 0.3) is 0 Å². The van der Waals surface area contributed by atoms with E-state index in [-0.39, 0.29) is 10.3 Å². The third kappa shape index (κ3) is 6.96. The van der Waals surface area contributed by atoms with Crippen molar-refractivity contribution in [2.45, 2.75) is 72.1 Å². The van der Waals surface area contributed by atoms with Crippen LogP contribution in [-0.4, -0.2) is 31.4 Å². The van der Waals surface area contributed by atoms with E-state index in [0.29, 0.717) is 6.54 Å². The van der Waals surface area contributed by atoms with E-state index >= 15 is 0 Å². The quantitative estimate of drug-likeness (QED) is 0.244. The zero-order valence-corrected chi connectivity index (χ0v) is 21.3. The molecule has 166 valence electrons. The fourth-order valence-electron chi connectivity index (χ4n) is 2.92. The second-order valence-electron chi connectivity index (χ2n) is 9.38. The Morgan fingerprint density at radius 1 is 1.07 bits per heavy atom. The summed E-state index contributed by atoms with van der Waals surface area (Å²) < 4.78 is 6.25. The third-order valence-electron chi connectivity index (χ3n) is 5.90. The molecular weight excluding hydrogens is 412 g/mol. The van der Waals surface area contributed by atoms with Crippen molar-refractivity contribution in [2.75, 3.05) is 23.8 Å². The highest BCUT2D eigenvalue weighted by atomic mass is 35.5. The van der Waals surface area contributed by atoms with Gasteiger partial charge in [-0.2, -0.15) is 0 Å². The maximum atomic E-state index is 6.25. The van der Waals surface area contributed by atoms with Crippen LogP contribution in [0.3, 0.4) is 0 Å². The molecule has 2 N–H and O–H groups in total. The molecule has 0 saturated carbocycles. The predicted molar refractivity (Wildman–Crippen MR) is 131 cm³/mol. The lowest BCUT2D eigenvalue weighted by atomic mass is 10.1. The van der Waals surface area contributed by atoms with Crippen molar-refractivity contribution < 1.29 is 4.43 Å². The van der Waals surface area contributed by atoms with Gasteiger partial charge in [-0.1, -0.05) is 39.0 Å². The molecule has 2 aromatic rings. The lowest BCUT2D eigenvalue weighted by Gasteiger charge is -2.36. The Morgan fingerprint density at radius 3 is 2.37 bits per heavy atom. The summed E-state index contributed by atoms with van der Waals surface area (Å²) in [4.78, 5) is 8.56. The largest absolute Gasteiger partial charge is 0.417 e. The average Bonchev–Trinajstić information content (AvgIpc) is 2.64. The normalized spacial score (nSPS) is 12.1. The van der Waals surface area contributed by atoms with Crippen LogP contribution in [0.15, 0.2) is 24.4 Å². The van der Waals surface area contributed by atoms with Crippen molar-refractivity contribution in [1.82, 2.24) is 9.97 Å². The topological polar surface area (TPSA) is 59.1 Å². The van der Waals surface area contributed by atoms with Gasteiger partial charge in [-0.05, 0) is 67.5 Å². The van der Waals surface area contributed by atoms with Gasteiger partial charge in [-0.3, -0.25) is 0 Å². The van der Waals surface area contributed by atoms with Crippen LogP contribution in [0.2, 0.25) is 23.4 Å². The van der Waals surface area contributed by atoms with Crippen molar-refractivity contribution in [3.8, 4) is 0 Å². The Balaban J connectivity index is 1.87. The number of aryl methyl sites for hydroxylation is 2. The number of hydrogen-bond acceptors (Lipinski definition) is 5. The Kier molecular flexibility index (Phi) is 8.70. The van der Waals surface area contributed by atoms with Gasteiger partial charge in [-0.25, -0.2) is 9.97 Å². The molecule has 2 rings (SSSR count). The van der Waals surface area contributed by atoms with Crippen molar-refractivity contribution >= 4 is 31.4 Å². The first-order chi connectivity index (χ1) is 14.0. The van der Waals surface area contributed by atoms with Gasteiger partial charge in [0.1, 0.15) is 5.82 Å². The summed E-state index contributed by atoms with van der Waals surface area (Å²) in [6, 6.07) is 6.29. The van der Waals surface area contributed by atoms with Crippen LogP contribution in [-0.2, 0) is 11.0 Å². The molecular formula is C23H37ClN4OSi. The number of nitrogens with one attached hydrogen (secondary N) is 2. The zero-order valence-electron chi connectivity index (χ0n) is 19.5. The summed E-state index contributed by atoms with van der Waals surface area (Å²) in [6.07, 6.45) is 3.83. The van der Waals surface area contributed by atoms with Gasteiger partial charge in [-0.15, -0.1) is 0 Å². The average molecular weight is 449 g/mol. The van der Waals surface area contributed by atoms with Gasteiger partial charge < -0.3 is 15.1 Å². The number of unbranched alkanes of at least 4 members (excludes halogenated alkanes) is 1. The Bertz CT molecular complexity index is 816. The third-order valence-corrected chi connectivity index (χ3v) is 10.6. The molecule has 0 bridgehead atoms. The summed E-state index contributed by atoms with van der Waals surface area (Å²) in [5.74, 6) is 0.791. The highest BCUT2D eigenvalue weighted by molar-refractivity contribution is 6.74. The number of rotatable bonds is 10.